The SMILES string of the molecule is COc1ccc(CN(C)CCc2c(C)n[nH]c2C)cc1OCC(O)CN1CCN(C)CC1. The van der Waals surface area contributed by atoms with Gasteiger partial charge in [-0.3, -0.25) is 10.00 Å². The van der Waals surface area contributed by atoms with Gasteiger partial charge in [0.1, 0.15) is 12.7 Å². The van der Waals surface area contributed by atoms with E-state index in [-0.39, 0.29) is 6.61 Å². The van der Waals surface area contributed by atoms with Crippen LogP contribution in [0.3, 0.4) is 0 Å². The number of H-pyrrole nitrogens is 1. The van der Waals surface area contributed by atoms with Gasteiger partial charge < -0.3 is 24.4 Å². The lowest BCUT2D eigenvalue weighted by molar-refractivity contribution is 0.0497. The van der Waals surface area contributed by atoms with Crippen molar-refractivity contribution in [2.45, 2.75) is 32.9 Å². The number of β-amino-alcohol motifs (C(OH)–C–C–N with tert-alkyl or cyclic N) is 1. The largest absolute Gasteiger partial charge is 0.493 e. The topological polar surface area (TPSA) is 77.1 Å². The lowest BCUT2D eigenvalue weighted by atomic mass is 10.1. The highest BCUT2D eigenvalue weighted by atomic mass is 16.5. The van der Waals surface area contributed by atoms with E-state index in [0.29, 0.717) is 18.0 Å². The van der Waals surface area contributed by atoms with Crippen molar-refractivity contribution in [1.29, 1.82) is 0 Å². The third-order valence-electron chi connectivity index (χ3n) is 6.20. The van der Waals surface area contributed by atoms with Gasteiger partial charge in [0.15, 0.2) is 11.5 Å². The van der Waals surface area contributed by atoms with Crippen LogP contribution >= 0.6 is 0 Å². The number of aliphatic hydroxyl groups excluding tert-OH is 1. The molecule has 0 amide bonds. The Bertz CT molecular complexity index is 829. The number of benzene rings is 1. The van der Waals surface area contributed by atoms with Gasteiger partial charge in [0.05, 0.1) is 12.8 Å². The van der Waals surface area contributed by atoms with E-state index in [9.17, 15) is 5.11 Å². The molecule has 0 radical (unpaired) electrons. The minimum absolute atomic E-state index is 0.251. The highest BCUT2D eigenvalue weighted by Crippen LogP contribution is 2.28. The minimum Gasteiger partial charge on any atom is -0.493 e. The molecule has 2 N–H and O–H groups in total. The monoisotopic (exact) mass is 445 g/mol. The first-order valence-electron chi connectivity index (χ1n) is 11.4. The number of ether oxygens (including phenoxy) is 2. The number of aryl methyl sites for hydroxylation is 2. The molecule has 8 nitrogen and oxygen atoms in total. The molecular weight excluding hydrogens is 406 g/mol. The standard InChI is InChI=1S/C24H39N5O3/c1-18-22(19(2)26-25-18)8-9-28(4)15-20-6-7-23(31-5)24(14-20)32-17-21(30)16-29-12-10-27(3)11-13-29/h6-7,14,21,30H,8-13,15-17H2,1-5H3,(H,25,26). The Morgan fingerprint density at radius 3 is 2.59 bits per heavy atom. The Kier molecular flexibility index (Phi) is 8.92. The Balaban J connectivity index is 1.51. The molecule has 0 bridgehead atoms. The molecule has 1 atom stereocenters. The van der Waals surface area contributed by atoms with Crippen LogP contribution in [0.15, 0.2) is 18.2 Å². The second-order valence-corrected chi connectivity index (χ2v) is 8.95. The Hall–Kier alpha value is -2.13. The lowest BCUT2D eigenvalue weighted by Crippen LogP contribution is -2.47. The molecule has 1 saturated heterocycles. The van der Waals surface area contributed by atoms with Crippen LogP contribution in [0.4, 0.5) is 0 Å². The number of hydrogen-bond donors (Lipinski definition) is 2. The Morgan fingerprint density at radius 1 is 1.19 bits per heavy atom. The molecule has 32 heavy (non-hydrogen) atoms. The molecule has 178 valence electrons. The molecule has 1 unspecified atom stereocenters. The van der Waals surface area contributed by atoms with E-state index in [1.54, 1.807) is 7.11 Å². The van der Waals surface area contributed by atoms with Gasteiger partial charge in [0.2, 0.25) is 0 Å². The lowest BCUT2D eigenvalue weighted by Gasteiger charge is -2.33. The van der Waals surface area contributed by atoms with Crippen molar-refractivity contribution in [3.05, 3.63) is 40.7 Å². The molecule has 2 heterocycles. The summed E-state index contributed by atoms with van der Waals surface area (Å²) in [7, 11) is 5.90. The summed E-state index contributed by atoms with van der Waals surface area (Å²) >= 11 is 0. The fourth-order valence-electron chi connectivity index (χ4n) is 4.14. The van der Waals surface area contributed by atoms with Crippen LogP contribution in [-0.2, 0) is 13.0 Å². The number of nitrogens with one attached hydrogen (secondary N) is 1. The highest BCUT2D eigenvalue weighted by molar-refractivity contribution is 5.43. The molecule has 1 aromatic carbocycles. The fraction of sp³-hybridized carbons (Fsp3) is 0.625. The molecule has 1 aromatic heterocycles. The summed E-state index contributed by atoms with van der Waals surface area (Å²) in [6, 6.07) is 6.03. The van der Waals surface area contributed by atoms with Crippen molar-refractivity contribution in [3.63, 3.8) is 0 Å². The zero-order valence-corrected chi connectivity index (χ0v) is 20.2. The van der Waals surface area contributed by atoms with Gasteiger partial charge in [0, 0.05) is 51.5 Å². The van der Waals surface area contributed by atoms with Crippen LogP contribution in [0.25, 0.3) is 0 Å². The molecule has 1 aliphatic heterocycles. The van der Waals surface area contributed by atoms with E-state index in [2.05, 4.69) is 52.0 Å². The molecule has 0 saturated carbocycles. The fourth-order valence-corrected chi connectivity index (χ4v) is 4.14. The third-order valence-corrected chi connectivity index (χ3v) is 6.20. The van der Waals surface area contributed by atoms with Gasteiger partial charge in [-0.25, -0.2) is 0 Å². The number of nitrogens with zero attached hydrogens (tertiary/aromatic N) is 4. The molecule has 0 spiro atoms. The van der Waals surface area contributed by atoms with Crippen molar-refractivity contribution < 1.29 is 14.6 Å². The maximum absolute atomic E-state index is 10.5. The average molecular weight is 446 g/mol. The summed E-state index contributed by atoms with van der Waals surface area (Å²) in [5.41, 5.74) is 4.67. The van der Waals surface area contributed by atoms with Crippen LogP contribution in [0.2, 0.25) is 0 Å². The van der Waals surface area contributed by atoms with Crippen molar-refractivity contribution in [1.82, 2.24) is 24.9 Å². The van der Waals surface area contributed by atoms with E-state index in [1.807, 2.05) is 19.1 Å². The van der Waals surface area contributed by atoms with Crippen molar-refractivity contribution in [3.8, 4) is 11.5 Å². The van der Waals surface area contributed by atoms with E-state index in [4.69, 9.17) is 9.47 Å². The summed E-state index contributed by atoms with van der Waals surface area (Å²) < 4.78 is 11.5. The van der Waals surface area contributed by atoms with Crippen molar-refractivity contribution in [2.75, 3.05) is 67.1 Å². The first kappa shape index (κ1) is 24.5. The van der Waals surface area contributed by atoms with Crippen molar-refractivity contribution >= 4 is 0 Å². The molecule has 3 rings (SSSR count). The first-order valence-corrected chi connectivity index (χ1v) is 11.4. The molecular formula is C24H39N5O3. The Labute approximate surface area is 192 Å². The number of aliphatic hydroxyl groups is 1. The Morgan fingerprint density at radius 2 is 1.94 bits per heavy atom. The van der Waals surface area contributed by atoms with E-state index in [0.717, 1.165) is 62.6 Å². The van der Waals surface area contributed by atoms with Gasteiger partial charge in [-0.15, -0.1) is 0 Å². The smallest absolute Gasteiger partial charge is 0.161 e. The number of piperazine rings is 1. The predicted molar refractivity (Wildman–Crippen MR) is 127 cm³/mol. The number of methoxy groups -OCH3 is 1. The molecule has 0 aliphatic carbocycles. The third kappa shape index (κ3) is 6.93. The predicted octanol–water partition coefficient (Wildman–Crippen LogP) is 1.70. The molecule has 1 fully saturated rings. The zero-order valence-electron chi connectivity index (χ0n) is 20.2. The maximum atomic E-state index is 10.5. The van der Waals surface area contributed by atoms with Gasteiger partial charge in [-0.05, 0) is 57.6 Å². The second kappa shape index (κ2) is 11.7. The molecule has 1 aliphatic rings. The second-order valence-electron chi connectivity index (χ2n) is 8.95. The van der Waals surface area contributed by atoms with Crippen LogP contribution in [0.1, 0.15) is 22.5 Å². The first-order chi connectivity index (χ1) is 15.4. The van der Waals surface area contributed by atoms with E-state index >= 15 is 0 Å². The van der Waals surface area contributed by atoms with Crippen LogP contribution in [-0.4, -0.2) is 103 Å². The van der Waals surface area contributed by atoms with Crippen molar-refractivity contribution in [2.24, 2.45) is 0 Å². The number of hydrogen-bond acceptors (Lipinski definition) is 7. The summed E-state index contributed by atoms with van der Waals surface area (Å²) in [6.45, 7) is 10.8. The minimum atomic E-state index is -0.532. The van der Waals surface area contributed by atoms with E-state index in [1.165, 1.54) is 5.56 Å². The number of likely N-dealkylation sites (N-methyl/N-ethyl adjacent to an activating group) is 2. The van der Waals surface area contributed by atoms with Gasteiger partial charge in [0.25, 0.3) is 0 Å². The highest BCUT2D eigenvalue weighted by Gasteiger charge is 2.18. The van der Waals surface area contributed by atoms with Crippen LogP contribution in [0.5, 0.6) is 11.5 Å². The summed E-state index contributed by atoms with van der Waals surface area (Å²) in [6.07, 6.45) is 0.429. The molecule has 8 heteroatoms. The van der Waals surface area contributed by atoms with Gasteiger partial charge in [-0.2, -0.15) is 5.10 Å². The van der Waals surface area contributed by atoms with Gasteiger partial charge >= 0.3 is 0 Å². The zero-order chi connectivity index (χ0) is 23.1. The maximum Gasteiger partial charge on any atom is 0.161 e. The molecule has 2 aromatic rings. The van der Waals surface area contributed by atoms with E-state index < -0.39 is 6.10 Å². The summed E-state index contributed by atoms with van der Waals surface area (Å²) in [5, 5.41) is 17.8. The average Bonchev–Trinajstić information content (AvgIpc) is 3.10. The quantitative estimate of drug-likeness (QED) is 0.545. The van der Waals surface area contributed by atoms with Crippen LogP contribution < -0.4 is 9.47 Å². The number of rotatable bonds is 11. The van der Waals surface area contributed by atoms with Gasteiger partial charge in [-0.1, -0.05) is 6.07 Å². The summed E-state index contributed by atoms with van der Waals surface area (Å²) in [5.74, 6) is 1.37. The normalized spacial score (nSPS) is 16.5. The number of aromatic nitrogens is 2. The summed E-state index contributed by atoms with van der Waals surface area (Å²) in [4.78, 5) is 6.89. The number of aromatic amines is 1. The van der Waals surface area contributed by atoms with Crippen LogP contribution in [0, 0.1) is 13.8 Å².